The van der Waals surface area contributed by atoms with E-state index in [2.05, 4.69) is 5.32 Å². The minimum absolute atomic E-state index is 0.0314. The van der Waals surface area contributed by atoms with Crippen LogP contribution in [-0.4, -0.2) is 46.4 Å². The molecule has 0 aliphatic heterocycles. The Hall–Kier alpha value is -2.48. The van der Waals surface area contributed by atoms with Crippen molar-refractivity contribution in [3.8, 4) is 0 Å². The number of aryl methyl sites for hydroxylation is 1. The number of carboxylic acids is 1. The Bertz CT molecular complexity index is 588. The fraction of sp³-hybridized carbons (Fsp3) is 0.467. The Morgan fingerprint density at radius 3 is 2.57 bits per heavy atom. The molecular formula is C15H21N3O5. The second kappa shape index (κ2) is 8.84. The Morgan fingerprint density at radius 1 is 1.35 bits per heavy atom. The van der Waals surface area contributed by atoms with Crippen molar-refractivity contribution < 1.29 is 19.6 Å². The Labute approximate surface area is 134 Å². The molecule has 0 saturated heterocycles. The highest BCUT2D eigenvalue weighted by atomic mass is 16.6. The molecule has 0 aliphatic rings. The normalized spacial score (nSPS) is 10.6. The lowest BCUT2D eigenvalue weighted by atomic mass is 10.1. The van der Waals surface area contributed by atoms with E-state index in [0.717, 1.165) is 6.42 Å². The Kier molecular flexibility index (Phi) is 7.14. The summed E-state index contributed by atoms with van der Waals surface area (Å²) in [5, 5.41) is 22.2. The van der Waals surface area contributed by atoms with Gasteiger partial charge in [-0.3, -0.25) is 24.6 Å². The van der Waals surface area contributed by atoms with Gasteiger partial charge in [-0.05, 0) is 31.5 Å². The number of non-ortho nitro benzene ring substituents is 1. The molecule has 1 aromatic carbocycles. The summed E-state index contributed by atoms with van der Waals surface area (Å²) in [7, 11) is 0. The maximum Gasteiger partial charge on any atom is 0.317 e. The van der Waals surface area contributed by atoms with Crippen LogP contribution in [0.3, 0.4) is 0 Å². The van der Waals surface area contributed by atoms with E-state index in [1.54, 1.807) is 11.8 Å². The van der Waals surface area contributed by atoms with Gasteiger partial charge in [0, 0.05) is 30.8 Å². The largest absolute Gasteiger partial charge is 0.480 e. The summed E-state index contributed by atoms with van der Waals surface area (Å²) >= 11 is 0. The molecule has 0 radical (unpaired) electrons. The number of rotatable bonds is 9. The highest BCUT2D eigenvalue weighted by molar-refractivity contribution is 5.91. The van der Waals surface area contributed by atoms with Gasteiger partial charge in [-0.15, -0.1) is 0 Å². The van der Waals surface area contributed by atoms with Gasteiger partial charge in [0.05, 0.1) is 11.5 Å². The minimum Gasteiger partial charge on any atom is -0.480 e. The zero-order valence-electron chi connectivity index (χ0n) is 13.2. The molecule has 0 heterocycles. The highest BCUT2D eigenvalue weighted by Crippen LogP contribution is 2.21. The number of aliphatic carboxylic acids is 1. The smallest absolute Gasteiger partial charge is 0.317 e. The van der Waals surface area contributed by atoms with Gasteiger partial charge in [0.25, 0.3) is 5.69 Å². The summed E-state index contributed by atoms with van der Waals surface area (Å²) in [6, 6.07) is 4.21. The third-order valence-electron chi connectivity index (χ3n) is 3.25. The van der Waals surface area contributed by atoms with Crippen molar-refractivity contribution in [2.45, 2.75) is 26.7 Å². The van der Waals surface area contributed by atoms with Crippen molar-refractivity contribution in [2.75, 3.05) is 25.0 Å². The van der Waals surface area contributed by atoms with E-state index in [4.69, 9.17) is 5.11 Å². The van der Waals surface area contributed by atoms with Gasteiger partial charge >= 0.3 is 5.97 Å². The van der Waals surface area contributed by atoms with Gasteiger partial charge < -0.3 is 10.4 Å². The number of carbonyl (C=O) groups is 2. The van der Waals surface area contributed by atoms with Crippen molar-refractivity contribution in [3.05, 3.63) is 33.9 Å². The SMILES string of the molecule is CCCN(CCC(=O)Nc1ccc([N+](=O)[O-])cc1C)CC(=O)O. The molecule has 2 N–H and O–H groups in total. The number of hydrogen-bond acceptors (Lipinski definition) is 5. The standard InChI is InChI=1S/C15H21N3O5/c1-3-7-17(10-15(20)21)8-6-14(19)16-13-5-4-12(18(22)23)9-11(13)2/h4-5,9H,3,6-8,10H2,1-2H3,(H,16,19)(H,20,21). The fourth-order valence-electron chi connectivity index (χ4n) is 2.15. The van der Waals surface area contributed by atoms with Crippen molar-refractivity contribution in [1.82, 2.24) is 4.90 Å². The van der Waals surface area contributed by atoms with E-state index >= 15 is 0 Å². The summed E-state index contributed by atoms with van der Waals surface area (Å²) < 4.78 is 0. The van der Waals surface area contributed by atoms with Crippen LogP contribution in [0.1, 0.15) is 25.3 Å². The van der Waals surface area contributed by atoms with Crippen molar-refractivity contribution in [1.29, 1.82) is 0 Å². The van der Waals surface area contributed by atoms with Gasteiger partial charge in [0.1, 0.15) is 0 Å². The number of nitro benzene ring substituents is 1. The lowest BCUT2D eigenvalue weighted by Gasteiger charge is -2.19. The average Bonchev–Trinajstić information content (AvgIpc) is 2.46. The molecule has 1 amide bonds. The summed E-state index contributed by atoms with van der Waals surface area (Å²) in [6.07, 6.45) is 0.958. The fourth-order valence-corrected chi connectivity index (χ4v) is 2.15. The molecule has 23 heavy (non-hydrogen) atoms. The van der Waals surface area contributed by atoms with Crippen LogP contribution in [0.4, 0.5) is 11.4 Å². The van der Waals surface area contributed by atoms with Crippen LogP contribution in [-0.2, 0) is 9.59 Å². The number of hydrogen-bond donors (Lipinski definition) is 2. The van der Waals surface area contributed by atoms with Crippen LogP contribution < -0.4 is 5.32 Å². The third kappa shape index (κ3) is 6.43. The first-order chi connectivity index (χ1) is 10.8. The predicted octanol–water partition coefficient (Wildman–Crippen LogP) is 2.03. The summed E-state index contributed by atoms with van der Waals surface area (Å²) in [6.45, 7) is 4.47. The molecule has 0 spiro atoms. The average molecular weight is 323 g/mol. The number of benzene rings is 1. The molecule has 0 unspecified atom stereocenters. The van der Waals surface area contributed by atoms with E-state index in [1.165, 1.54) is 18.2 Å². The monoisotopic (exact) mass is 323 g/mol. The van der Waals surface area contributed by atoms with Gasteiger partial charge in [0.15, 0.2) is 0 Å². The summed E-state index contributed by atoms with van der Waals surface area (Å²) in [5.41, 5.74) is 1.08. The highest BCUT2D eigenvalue weighted by Gasteiger charge is 2.13. The van der Waals surface area contributed by atoms with Gasteiger partial charge in [-0.2, -0.15) is 0 Å². The van der Waals surface area contributed by atoms with Crippen LogP contribution in [0.15, 0.2) is 18.2 Å². The molecule has 1 rings (SSSR count). The van der Waals surface area contributed by atoms with Crippen LogP contribution in [0.2, 0.25) is 0 Å². The molecule has 0 aromatic heterocycles. The number of anilines is 1. The van der Waals surface area contributed by atoms with Crippen molar-refractivity contribution in [2.24, 2.45) is 0 Å². The molecule has 8 heteroatoms. The van der Waals surface area contributed by atoms with Crippen LogP contribution in [0, 0.1) is 17.0 Å². The number of nitrogens with one attached hydrogen (secondary N) is 1. The molecule has 0 fully saturated rings. The quantitative estimate of drug-likeness (QED) is 0.531. The van der Waals surface area contributed by atoms with Gasteiger partial charge in [-0.1, -0.05) is 6.92 Å². The van der Waals surface area contributed by atoms with Crippen LogP contribution in [0.5, 0.6) is 0 Å². The molecule has 0 bridgehead atoms. The first kappa shape index (κ1) is 18.6. The van der Waals surface area contributed by atoms with Crippen LogP contribution in [0.25, 0.3) is 0 Å². The molecule has 0 aliphatic carbocycles. The maximum atomic E-state index is 12.0. The number of carboxylic acid groups (broad SMARTS) is 1. The predicted molar refractivity (Wildman–Crippen MR) is 85.4 cm³/mol. The summed E-state index contributed by atoms with van der Waals surface area (Å²) in [5.74, 6) is -1.18. The zero-order valence-corrected chi connectivity index (χ0v) is 13.2. The number of carbonyl (C=O) groups excluding carboxylic acids is 1. The maximum absolute atomic E-state index is 12.0. The molecule has 0 atom stereocenters. The molecule has 126 valence electrons. The molecule has 8 nitrogen and oxygen atoms in total. The first-order valence-corrected chi connectivity index (χ1v) is 7.32. The van der Waals surface area contributed by atoms with Crippen LogP contribution >= 0.6 is 0 Å². The second-order valence-corrected chi connectivity index (χ2v) is 5.22. The van der Waals surface area contributed by atoms with Gasteiger partial charge in [-0.25, -0.2) is 0 Å². The van der Waals surface area contributed by atoms with Crippen molar-refractivity contribution in [3.63, 3.8) is 0 Å². The minimum atomic E-state index is -0.926. The third-order valence-corrected chi connectivity index (χ3v) is 3.25. The lowest BCUT2D eigenvalue weighted by molar-refractivity contribution is -0.384. The second-order valence-electron chi connectivity index (χ2n) is 5.22. The Balaban J connectivity index is 2.59. The topological polar surface area (TPSA) is 113 Å². The van der Waals surface area contributed by atoms with E-state index in [9.17, 15) is 19.7 Å². The summed E-state index contributed by atoms with van der Waals surface area (Å²) in [4.78, 5) is 34.6. The van der Waals surface area contributed by atoms with E-state index in [0.29, 0.717) is 24.3 Å². The van der Waals surface area contributed by atoms with E-state index in [-0.39, 0.29) is 24.6 Å². The van der Waals surface area contributed by atoms with Gasteiger partial charge in [0.2, 0.25) is 5.91 Å². The zero-order chi connectivity index (χ0) is 17.4. The lowest BCUT2D eigenvalue weighted by Crippen LogP contribution is -2.33. The number of nitro groups is 1. The molecular weight excluding hydrogens is 302 g/mol. The number of amides is 1. The molecule has 0 saturated carbocycles. The Morgan fingerprint density at radius 2 is 2.04 bits per heavy atom. The molecule has 1 aromatic rings. The number of nitrogens with zero attached hydrogens (tertiary/aromatic N) is 2. The van der Waals surface area contributed by atoms with Crippen molar-refractivity contribution >= 4 is 23.3 Å². The van der Waals surface area contributed by atoms with E-state index in [1.807, 2.05) is 6.92 Å². The first-order valence-electron chi connectivity index (χ1n) is 7.32. The van der Waals surface area contributed by atoms with E-state index < -0.39 is 10.9 Å².